The van der Waals surface area contributed by atoms with E-state index in [2.05, 4.69) is 4.99 Å². The lowest BCUT2D eigenvalue weighted by atomic mass is 10.1. The smallest absolute Gasteiger partial charge is 0.266 e. The fraction of sp³-hybridized carbons (Fsp3) is 0.318. The van der Waals surface area contributed by atoms with Crippen LogP contribution in [-0.4, -0.2) is 46.8 Å². The Morgan fingerprint density at radius 3 is 2.72 bits per heavy atom. The summed E-state index contributed by atoms with van der Waals surface area (Å²) in [6, 6.07) is 14.4. The average Bonchev–Trinajstić information content (AvgIpc) is 3.08. The van der Waals surface area contributed by atoms with Crippen molar-refractivity contribution in [2.24, 2.45) is 4.99 Å². The van der Waals surface area contributed by atoms with Gasteiger partial charge in [-0.1, -0.05) is 36.0 Å². The quantitative estimate of drug-likeness (QED) is 0.634. The maximum Gasteiger partial charge on any atom is 0.266 e. The summed E-state index contributed by atoms with van der Waals surface area (Å²) in [5, 5.41) is 0.635. The summed E-state index contributed by atoms with van der Waals surface area (Å²) < 4.78 is 11.3. The molecule has 0 spiro atoms. The summed E-state index contributed by atoms with van der Waals surface area (Å²) in [6.45, 7) is 5.82. The molecule has 2 aromatic carbocycles. The van der Waals surface area contributed by atoms with Gasteiger partial charge in [-0.2, -0.15) is 0 Å². The standard InChI is InChI=1S/C22H24N2O4S/c1-4-27-20-11-6-5-10-19(20)23-22-24(15(2)14-29-22)21(26)13-28-18-9-7-8-17(12-18)16(3)25/h5-12,15H,4,13-14H2,1-3H3. The third-order valence-electron chi connectivity index (χ3n) is 4.35. The minimum atomic E-state index is -0.177. The molecule has 29 heavy (non-hydrogen) atoms. The molecule has 6 nitrogen and oxygen atoms in total. The monoisotopic (exact) mass is 412 g/mol. The van der Waals surface area contributed by atoms with Gasteiger partial charge >= 0.3 is 0 Å². The number of benzene rings is 2. The Labute approximate surface area is 174 Å². The number of thioether (sulfide) groups is 1. The summed E-state index contributed by atoms with van der Waals surface area (Å²) in [5.74, 6) is 1.72. The number of amides is 1. The van der Waals surface area contributed by atoms with E-state index in [4.69, 9.17) is 9.47 Å². The highest BCUT2D eigenvalue weighted by atomic mass is 32.2. The molecule has 2 aromatic rings. The van der Waals surface area contributed by atoms with Gasteiger partial charge in [-0.25, -0.2) is 4.99 Å². The second-order valence-corrected chi connectivity index (χ2v) is 7.58. The number of hydrogen-bond donors (Lipinski definition) is 0. The van der Waals surface area contributed by atoms with Crippen LogP contribution in [0.2, 0.25) is 0 Å². The minimum absolute atomic E-state index is 0.0117. The predicted octanol–water partition coefficient (Wildman–Crippen LogP) is 4.32. The summed E-state index contributed by atoms with van der Waals surface area (Å²) in [4.78, 5) is 30.7. The summed E-state index contributed by atoms with van der Waals surface area (Å²) in [6.07, 6.45) is 0. The van der Waals surface area contributed by atoms with Crippen molar-refractivity contribution < 1.29 is 19.1 Å². The van der Waals surface area contributed by atoms with Gasteiger partial charge in [-0.3, -0.25) is 14.5 Å². The van der Waals surface area contributed by atoms with E-state index < -0.39 is 0 Å². The molecule has 1 atom stereocenters. The molecule has 1 heterocycles. The molecule has 1 aliphatic heterocycles. The molecule has 0 aromatic heterocycles. The molecule has 0 N–H and O–H groups in total. The first-order valence-electron chi connectivity index (χ1n) is 9.48. The number of Topliss-reactive ketones (excluding diaryl/α,β-unsaturated/α-hetero) is 1. The zero-order valence-corrected chi connectivity index (χ0v) is 17.6. The van der Waals surface area contributed by atoms with E-state index in [-0.39, 0.29) is 24.3 Å². The van der Waals surface area contributed by atoms with E-state index >= 15 is 0 Å². The van der Waals surface area contributed by atoms with Crippen LogP contribution >= 0.6 is 11.8 Å². The van der Waals surface area contributed by atoms with E-state index in [0.29, 0.717) is 34.5 Å². The molecule has 1 unspecified atom stereocenters. The van der Waals surface area contributed by atoms with Crippen LogP contribution in [0.25, 0.3) is 0 Å². The lowest BCUT2D eigenvalue weighted by Crippen LogP contribution is -2.40. The fourth-order valence-corrected chi connectivity index (χ4v) is 4.04. The highest BCUT2D eigenvalue weighted by Crippen LogP contribution is 2.32. The van der Waals surface area contributed by atoms with Crippen molar-refractivity contribution in [3.8, 4) is 11.5 Å². The summed E-state index contributed by atoms with van der Waals surface area (Å²) >= 11 is 1.54. The number of nitrogens with zero attached hydrogens (tertiary/aromatic N) is 2. The molecule has 1 fully saturated rings. The maximum absolute atomic E-state index is 12.9. The van der Waals surface area contributed by atoms with E-state index in [0.717, 1.165) is 5.75 Å². The van der Waals surface area contributed by atoms with E-state index in [1.54, 1.807) is 29.2 Å². The lowest BCUT2D eigenvalue weighted by Gasteiger charge is -2.21. The Morgan fingerprint density at radius 1 is 1.17 bits per heavy atom. The van der Waals surface area contributed by atoms with Gasteiger partial charge in [-0.05, 0) is 45.0 Å². The van der Waals surface area contributed by atoms with Gasteiger partial charge < -0.3 is 9.47 Å². The molecule has 1 saturated heterocycles. The van der Waals surface area contributed by atoms with Crippen LogP contribution in [0, 0.1) is 0 Å². The molecule has 152 valence electrons. The molecular formula is C22H24N2O4S. The van der Waals surface area contributed by atoms with Gasteiger partial charge in [0.15, 0.2) is 17.6 Å². The van der Waals surface area contributed by atoms with Crippen molar-refractivity contribution in [1.29, 1.82) is 0 Å². The summed E-state index contributed by atoms with van der Waals surface area (Å²) in [7, 11) is 0. The fourth-order valence-electron chi connectivity index (χ4n) is 2.92. The SMILES string of the molecule is CCOc1ccccc1N=C1SCC(C)N1C(=O)COc1cccc(C(C)=O)c1. The van der Waals surface area contributed by atoms with Crippen molar-refractivity contribution in [2.75, 3.05) is 19.0 Å². The Balaban J connectivity index is 1.75. The number of amidine groups is 1. The first-order chi connectivity index (χ1) is 14.0. The molecule has 0 bridgehead atoms. The number of para-hydroxylation sites is 2. The Bertz CT molecular complexity index is 929. The van der Waals surface area contributed by atoms with Crippen LogP contribution < -0.4 is 9.47 Å². The highest BCUT2D eigenvalue weighted by molar-refractivity contribution is 8.14. The first-order valence-corrected chi connectivity index (χ1v) is 10.5. The third-order valence-corrected chi connectivity index (χ3v) is 5.55. The number of carbonyl (C=O) groups excluding carboxylic acids is 2. The zero-order valence-electron chi connectivity index (χ0n) is 16.8. The zero-order chi connectivity index (χ0) is 20.8. The Kier molecular flexibility index (Phi) is 6.93. The van der Waals surface area contributed by atoms with Crippen molar-refractivity contribution in [1.82, 2.24) is 4.90 Å². The molecule has 1 amide bonds. The van der Waals surface area contributed by atoms with Crippen LogP contribution in [0.3, 0.4) is 0 Å². The second kappa shape index (κ2) is 9.60. The molecule has 0 radical (unpaired) electrons. The van der Waals surface area contributed by atoms with Gasteiger partial charge in [-0.15, -0.1) is 0 Å². The summed E-state index contributed by atoms with van der Waals surface area (Å²) in [5.41, 5.74) is 1.24. The van der Waals surface area contributed by atoms with Gasteiger partial charge in [0.2, 0.25) is 0 Å². The average molecular weight is 413 g/mol. The highest BCUT2D eigenvalue weighted by Gasteiger charge is 2.32. The number of ether oxygens (including phenoxy) is 2. The van der Waals surface area contributed by atoms with E-state index in [9.17, 15) is 9.59 Å². The van der Waals surface area contributed by atoms with Gasteiger partial charge in [0, 0.05) is 17.4 Å². The normalized spacial score (nSPS) is 17.4. The predicted molar refractivity (Wildman–Crippen MR) is 115 cm³/mol. The van der Waals surface area contributed by atoms with Crippen LogP contribution in [0.15, 0.2) is 53.5 Å². The maximum atomic E-state index is 12.9. The molecule has 0 aliphatic carbocycles. The molecule has 1 aliphatic rings. The third kappa shape index (κ3) is 5.17. The van der Waals surface area contributed by atoms with Gasteiger partial charge in [0.25, 0.3) is 5.91 Å². The molecule has 7 heteroatoms. The first kappa shape index (κ1) is 20.9. The number of rotatable bonds is 7. The molecule has 0 saturated carbocycles. The van der Waals surface area contributed by atoms with E-state index in [1.807, 2.05) is 38.1 Å². The van der Waals surface area contributed by atoms with Crippen LogP contribution in [0.4, 0.5) is 5.69 Å². The number of aliphatic imine (C=N–C) groups is 1. The van der Waals surface area contributed by atoms with Crippen LogP contribution in [-0.2, 0) is 4.79 Å². The topological polar surface area (TPSA) is 68.2 Å². The van der Waals surface area contributed by atoms with Crippen LogP contribution in [0.1, 0.15) is 31.1 Å². The van der Waals surface area contributed by atoms with E-state index in [1.165, 1.54) is 18.7 Å². The second-order valence-electron chi connectivity index (χ2n) is 6.59. The van der Waals surface area contributed by atoms with Gasteiger partial charge in [0.1, 0.15) is 17.2 Å². The van der Waals surface area contributed by atoms with Gasteiger partial charge in [0.05, 0.1) is 6.61 Å². The Morgan fingerprint density at radius 2 is 1.97 bits per heavy atom. The van der Waals surface area contributed by atoms with Crippen molar-refractivity contribution in [2.45, 2.75) is 26.8 Å². The molecular weight excluding hydrogens is 388 g/mol. The number of carbonyl (C=O) groups is 2. The number of hydrogen-bond acceptors (Lipinski definition) is 6. The number of ketones is 1. The van der Waals surface area contributed by atoms with Crippen molar-refractivity contribution in [3.63, 3.8) is 0 Å². The minimum Gasteiger partial charge on any atom is -0.492 e. The Hall–Kier alpha value is -2.80. The van der Waals surface area contributed by atoms with Crippen LogP contribution in [0.5, 0.6) is 11.5 Å². The van der Waals surface area contributed by atoms with Crippen molar-refractivity contribution in [3.05, 3.63) is 54.1 Å². The van der Waals surface area contributed by atoms with Crippen molar-refractivity contribution >= 4 is 34.3 Å². The largest absolute Gasteiger partial charge is 0.492 e. The molecule has 3 rings (SSSR count). The lowest BCUT2D eigenvalue weighted by molar-refractivity contribution is -0.130.